The number of aryl methyl sites for hydroxylation is 1. The molecule has 3 nitrogen and oxygen atoms in total. The third-order valence-corrected chi connectivity index (χ3v) is 6.58. The van der Waals surface area contributed by atoms with Crippen molar-refractivity contribution in [2.45, 2.75) is 45.1 Å². The molecular formula is C32H23F9O3. The van der Waals surface area contributed by atoms with Gasteiger partial charge in [0, 0.05) is 12.1 Å². The van der Waals surface area contributed by atoms with Gasteiger partial charge in [-0.3, -0.25) is 0 Å². The first-order valence-corrected chi connectivity index (χ1v) is 13.2. The maximum atomic E-state index is 14.9. The minimum Gasteiger partial charge on any atom is -0.423 e. The first-order valence-electron chi connectivity index (χ1n) is 13.2. The summed E-state index contributed by atoms with van der Waals surface area (Å²) in [5, 5.41) is 0. The molecule has 0 heterocycles. The van der Waals surface area contributed by atoms with Crippen LogP contribution in [0.1, 0.15) is 47.7 Å². The number of benzene rings is 4. The van der Waals surface area contributed by atoms with Gasteiger partial charge >= 0.3 is 18.4 Å². The number of carbonyl (C=O) groups excluding carboxylic acids is 1. The minimum atomic E-state index is -5.95. The summed E-state index contributed by atoms with van der Waals surface area (Å²) in [5.74, 6) is -10.3. The summed E-state index contributed by atoms with van der Waals surface area (Å²) < 4.78 is 129. The van der Waals surface area contributed by atoms with E-state index < -0.39 is 58.6 Å². The molecule has 0 aliphatic rings. The summed E-state index contributed by atoms with van der Waals surface area (Å²) in [5.41, 5.74) is -0.242. The van der Waals surface area contributed by atoms with Crippen molar-refractivity contribution in [3.8, 4) is 28.0 Å². The summed E-state index contributed by atoms with van der Waals surface area (Å²) in [6, 6.07) is 16.3. The van der Waals surface area contributed by atoms with Crippen LogP contribution in [0, 0.1) is 23.3 Å². The fraction of sp³-hybridized carbons (Fsp3) is 0.219. The van der Waals surface area contributed by atoms with Gasteiger partial charge in [-0.05, 0) is 52.8 Å². The number of rotatable bonds is 10. The Morgan fingerprint density at radius 2 is 1.14 bits per heavy atom. The second-order valence-corrected chi connectivity index (χ2v) is 9.76. The first-order chi connectivity index (χ1) is 20.7. The largest absolute Gasteiger partial charge is 0.527 e. The Morgan fingerprint density at radius 3 is 1.61 bits per heavy atom. The molecule has 0 radical (unpaired) electrons. The van der Waals surface area contributed by atoms with Crippen LogP contribution in [0.2, 0.25) is 0 Å². The van der Waals surface area contributed by atoms with Gasteiger partial charge in [0.1, 0.15) is 40.1 Å². The van der Waals surface area contributed by atoms with E-state index >= 15 is 0 Å². The van der Waals surface area contributed by atoms with Crippen LogP contribution in [0.5, 0.6) is 5.75 Å². The van der Waals surface area contributed by atoms with Gasteiger partial charge in [0.2, 0.25) is 0 Å². The van der Waals surface area contributed by atoms with E-state index in [1.807, 2.05) is 24.3 Å². The predicted molar refractivity (Wildman–Crippen MR) is 143 cm³/mol. The van der Waals surface area contributed by atoms with Crippen molar-refractivity contribution in [1.82, 2.24) is 0 Å². The molecule has 0 bridgehead atoms. The van der Waals surface area contributed by atoms with E-state index in [-0.39, 0.29) is 17.7 Å². The van der Waals surface area contributed by atoms with Crippen molar-refractivity contribution in [1.29, 1.82) is 0 Å². The average Bonchev–Trinajstić information content (AvgIpc) is 2.91. The topological polar surface area (TPSA) is 35.5 Å². The second-order valence-electron chi connectivity index (χ2n) is 9.76. The molecule has 44 heavy (non-hydrogen) atoms. The van der Waals surface area contributed by atoms with Gasteiger partial charge in [0.15, 0.2) is 0 Å². The fourth-order valence-electron chi connectivity index (χ4n) is 4.47. The van der Waals surface area contributed by atoms with E-state index in [2.05, 4.69) is 16.4 Å². The van der Waals surface area contributed by atoms with E-state index in [4.69, 9.17) is 0 Å². The maximum absolute atomic E-state index is 14.9. The third-order valence-electron chi connectivity index (χ3n) is 6.58. The third kappa shape index (κ3) is 7.79. The Labute approximate surface area is 245 Å². The van der Waals surface area contributed by atoms with Crippen molar-refractivity contribution >= 4 is 5.97 Å². The highest BCUT2D eigenvalue weighted by atomic mass is 19.4. The van der Waals surface area contributed by atoms with Gasteiger partial charge in [0.25, 0.3) is 0 Å². The molecule has 0 aliphatic heterocycles. The molecule has 0 saturated heterocycles. The van der Waals surface area contributed by atoms with Crippen LogP contribution in [0.3, 0.4) is 0 Å². The van der Waals surface area contributed by atoms with Crippen molar-refractivity contribution in [3.05, 3.63) is 113 Å². The highest BCUT2D eigenvalue weighted by Gasteiger charge is 2.49. The highest BCUT2D eigenvalue weighted by Crippen LogP contribution is 2.40. The summed E-state index contributed by atoms with van der Waals surface area (Å²) in [4.78, 5) is 12.4. The number of unbranched alkanes of at least 4 members (excludes halogenated alkanes) is 2. The summed E-state index contributed by atoms with van der Waals surface area (Å²) in [7, 11) is 0. The normalized spacial score (nSPS) is 12.0. The van der Waals surface area contributed by atoms with Crippen LogP contribution in [0.15, 0.2) is 72.8 Å². The number of ether oxygens (including phenoxy) is 2. The number of esters is 1. The van der Waals surface area contributed by atoms with Crippen LogP contribution < -0.4 is 4.74 Å². The minimum absolute atomic E-state index is 0.0442. The van der Waals surface area contributed by atoms with E-state index in [1.165, 1.54) is 5.56 Å². The molecule has 0 aliphatic carbocycles. The van der Waals surface area contributed by atoms with Crippen LogP contribution >= 0.6 is 0 Å². The van der Waals surface area contributed by atoms with E-state index in [9.17, 15) is 44.3 Å². The lowest BCUT2D eigenvalue weighted by atomic mass is 9.98. The average molecular weight is 627 g/mol. The molecule has 0 saturated carbocycles. The van der Waals surface area contributed by atoms with Crippen molar-refractivity contribution < 1.29 is 53.8 Å². The molecule has 12 heteroatoms. The Morgan fingerprint density at radius 1 is 0.659 bits per heavy atom. The Bertz CT molecular complexity index is 1580. The number of hydrogen-bond donors (Lipinski definition) is 0. The fourth-order valence-corrected chi connectivity index (χ4v) is 4.47. The van der Waals surface area contributed by atoms with E-state index in [0.29, 0.717) is 5.56 Å². The van der Waals surface area contributed by atoms with Crippen LogP contribution in [-0.4, -0.2) is 12.3 Å². The van der Waals surface area contributed by atoms with Crippen molar-refractivity contribution in [3.63, 3.8) is 0 Å². The van der Waals surface area contributed by atoms with Gasteiger partial charge in [-0.25, -0.2) is 27.1 Å². The highest BCUT2D eigenvalue weighted by molar-refractivity contribution is 5.92. The maximum Gasteiger partial charge on any atom is 0.527 e. The number of halogens is 9. The quantitative estimate of drug-likeness (QED) is 0.0761. The smallest absolute Gasteiger partial charge is 0.423 e. The van der Waals surface area contributed by atoms with Gasteiger partial charge < -0.3 is 4.74 Å². The summed E-state index contributed by atoms with van der Waals surface area (Å²) in [6.45, 7) is 2.13. The molecule has 0 N–H and O–H groups in total. The summed E-state index contributed by atoms with van der Waals surface area (Å²) >= 11 is 0. The number of carbonyl (C=O) groups is 1. The van der Waals surface area contributed by atoms with E-state index in [0.717, 1.165) is 48.9 Å². The molecule has 0 amide bonds. The van der Waals surface area contributed by atoms with Crippen LogP contribution in [0.4, 0.5) is 39.5 Å². The zero-order valence-corrected chi connectivity index (χ0v) is 22.9. The zero-order valence-electron chi connectivity index (χ0n) is 22.9. The van der Waals surface area contributed by atoms with E-state index in [1.54, 1.807) is 24.3 Å². The zero-order chi connectivity index (χ0) is 32.2. The lowest BCUT2D eigenvalue weighted by Gasteiger charge is -2.20. The van der Waals surface area contributed by atoms with Gasteiger partial charge in [-0.2, -0.15) is 8.78 Å². The van der Waals surface area contributed by atoms with Gasteiger partial charge in [-0.1, -0.05) is 68.3 Å². The molecule has 232 valence electrons. The molecule has 4 aromatic rings. The Balaban J connectivity index is 1.50. The Hall–Kier alpha value is -4.32. The van der Waals surface area contributed by atoms with Crippen LogP contribution in [-0.2, 0) is 17.3 Å². The van der Waals surface area contributed by atoms with Gasteiger partial charge in [-0.15, -0.1) is 13.2 Å². The molecule has 4 rings (SSSR count). The number of alkyl halides is 5. The van der Waals surface area contributed by atoms with Gasteiger partial charge in [0.05, 0.1) is 0 Å². The lowest BCUT2D eigenvalue weighted by Crippen LogP contribution is -2.29. The van der Waals surface area contributed by atoms with Crippen molar-refractivity contribution in [2.24, 2.45) is 0 Å². The molecule has 0 fully saturated rings. The molecule has 4 aromatic carbocycles. The molecule has 0 atom stereocenters. The Kier molecular flexibility index (Phi) is 9.72. The summed E-state index contributed by atoms with van der Waals surface area (Å²) in [6.07, 6.45) is -7.06. The lowest BCUT2D eigenvalue weighted by molar-refractivity contribution is -0.432. The number of hydrogen-bond acceptors (Lipinski definition) is 3. The van der Waals surface area contributed by atoms with Crippen LogP contribution in [0.25, 0.3) is 22.3 Å². The predicted octanol–water partition coefficient (Wildman–Crippen LogP) is 10.1. The van der Waals surface area contributed by atoms with Crippen molar-refractivity contribution in [2.75, 3.05) is 0 Å². The molecular weight excluding hydrogens is 603 g/mol. The second kappa shape index (κ2) is 13.1. The standard InChI is InChI=1S/C32H23F9O3/c1-2-3-4-5-18-6-8-19(9-7-18)20-10-12-21(13-11-20)22-14-24(33)28(25(34)15-22)30(42)43-23-16-26(35)29(27(36)17-23)31(37,38)44-32(39,40)41/h6-17H,2-5H2,1H3. The molecule has 0 unspecified atom stereocenters. The monoisotopic (exact) mass is 626 g/mol. The first kappa shape index (κ1) is 32.6. The molecule has 0 spiro atoms. The SMILES string of the molecule is CCCCCc1ccc(-c2ccc(-c3cc(F)c(C(=O)Oc4cc(F)c(C(F)(F)OC(F)(F)F)c(F)c4)c(F)c3)cc2)cc1. The molecule has 0 aromatic heterocycles.